The Morgan fingerprint density at radius 3 is 2.53 bits per heavy atom. The highest BCUT2D eigenvalue weighted by molar-refractivity contribution is 9.10. The predicted molar refractivity (Wildman–Crippen MR) is 60.1 cm³/mol. The number of nitriles is 1. The molecule has 0 radical (unpaired) electrons. The van der Waals surface area contributed by atoms with Crippen LogP contribution in [0.4, 0.5) is 0 Å². The molecule has 2 nitrogen and oxygen atoms in total. The maximum atomic E-state index is 9.33. The molecule has 2 aliphatic rings. The summed E-state index contributed by atoms with van der Waals surface area (Å²) in [5.41, 5.74) is 1.40. The SMILES string of the molecule is N#CC1(c2ccc(Br)nc2)CC2(CC2)C1. The molecule has 3 heteroatoms. The van der Waals surface area contributed by atoms with Crippen LogP contribution in [-0.2, 0) is 5.41 Å². The zero-order valence-corrected chi connectivity index (χ0v) is 9.92. The van der Waals surface area contributed by atoms with Gasteiger partial charge in [-0.3, -0.25) is 0 Å². The minimum absolute atomic E-state index is 0.232. The van der Waals surface area contributed by atoms with E-state index in [1.165, 1.54) is 12.8 Å². The summed E-state index contributed by atoms with van der Waals surface area (Å²) < 4.78 is 0.833. The first-order valence-electron chi connectivity index (χ1n) is 5.22. The smallest absolute Gasteiger partial charge is 0.106 e. The average Bonchev–Trinajstić information content (AvgIpc) is 2.96. The first kappa shape index (κ1) is 9.35. The van der Waals surface area contributed by atoms with Crippen LogP contribution in [0.3, 0.4) is 0 Å². The molecule has 1 spiro atoms. The monoisotopic (exact) mass is 262 g/mol. The van der Waals surface area contributed by atoms with Gasteiger partial charge < -0.3 is 0 Å². The molecule has 0 aromatic carbocycles. The molecule has 0 saturated heterocycles. The molecular formula is C12H11BrN2. The molecule has 2 saturated carbocycles. The molecule has 0 unspecified atom stereocenters. The van der Waals surface area contributed by atoms with Crippen LogP contribution in [0.2, 0.25) is 0 Å². The Balaban J connectivity index is 1.92. The molecule has 0 bridgehead atoms. The highest BCUT2D eigenvalue weighted by Gasteiger charge is 2.61. The number of pyridine rings is 1. The van der Waals surface area contributed by atoms with E-state index in [0.717, 1.165) is 23.0 Å². The van der Waals surface area contributed by atoms with Crippen molar-refractivity contribution in [3.63, 3.8) is 0 Å². The third kappa shape index (κ3) is 1.32. The lowest BCUT2D eigenvalue weighted by Gasteiger charge is -2.43. The van der Waals surface area contributed by atoms with E-state index in [1.807, 2.05) is 18.3 Å². The van der Waals surface area contributed by atoms with E-state index in [9.17, 15) is 5.26 Å². The lowest BCUT2D eigenvalue weighted by molar-refractivity contribution is 0.172. The van der Waals surface area contributed by atoms with Crippen LogP contribution in [0.1, 0.15) is 31.2 Å². The Hall–Kier alpha value is -0.880. The van der Waals surface area contributed by atoms with Gasteiger partial charge in [0.15, 0.2) is 0 Å². The number of hydrogen-bond acceptors (Lipinski definition) is 2. The summed E-state index contributed by atoms with van der Waals surface area (Å²) in [7, 11) is 0. The minimum atomic E-state index is -0.232. The van der Waals surface area contributed by atoms with E-state index in [2.05, 4.69) is 27.0 Å². The van der Waals surface area contributed by atoms with Gasteiger partial charge in [0, 0.05) is 6.20 Å². The lowest BCUT2D eigenvalue weighted by Crippen LogP contribution is -2.41. The number of aromatic nitrogens is 1. The summed E-state index contributed by atoms with van der Waals surface area (Å²) in [6.45, 7) is 0. The predicted octanol–water partition coefficient (Wildman–Crippen LogP) is 3.18. The van der Waals surface area contributed by atoms with Gasteiger partial charge in [0.05, 0.1) is 11.5 Å². The van der Waals surface area contributed by atoms with Gasteiger partial charge in [0.25, 0.3) is 0 Å². The van der Waals surface area contributed by atoms with E-state index >= 15 is 0 Å². The summed E-state index contributed by atoms with van der Waals surface area (Å²) >= 11 is 3.31. The van der Waals surface area contributed by atoms with Crippen LogP contribution in [0, 0.1) is 16.7 Å². The molecule has 0 amide bonds. The van der Waals surface area contributed by atoms with Gasteiger partial charge in [-0.15, -0.1) is 0 Å². The second-order valence-electron chi connectivity index (χ2n) is 4.92. The summed E-state index contributed by atoms with van der Waals surface area (Å²) in [5, 5.41) is 9.33. The topological polar surface area (TPSA) is 36.7 Å². The van der Waals surface area contributed by atoms with E-state index in [0.29, 0.717) is 5.41 Å². The maximum absolute atomic E-state index is 9.33. The Kier molecular flexibility index (Phi) is 1.76. The molecule has 1 aromatic heterocycles. The molecule has 15 heavy (non-hydrogen) atoms. The zero-order valence-electron chi connectivity index (χ0n) is 8.33. The van der Waals surface area contributed by atoms with Crippen molar-refractivity contribution in [2.45, 2.75) is 31.1 Å². The van der Waals surface area contributed by atoms with Gasteiger partial charge in [-0.1, -0.05) is 6.07 Å². The van der Waals surface area contributed by atoms with E-state index in [4.69, 9.17) is 0 Å². The normalized spacial score (nSPS) is 24.3. The average molecular weight is 263 g/mol. The summed E-state index contributed by atoms with van der Waals surface area (Å²) in [4.78, 5) is 4.21. The fourth-order valence-electron chi connectivity index (χ4n) is 2.77. The number of halogens is 1. The van der Waals surface area contributed by atoms with E-state index in [1.54, 1.807) is 0 Å². The quantitative estimate of drug-likeness (QED) is 0.729. The molecule has 0 N–H and O–H groups in total. The van der Waals surface area contributed by atoms with Crippen molar-refractivity contribution in [3.8, 4) is 6.07 Å². The molecule has 1 heterocycles. The Labute approximate surface area is 97.5 Å². The molecule has 2 aliphatic carbocycles. The number of hydrogen-bond donors (Lipinski definition) is 0. The highest BCUT2D eigenvalue weighted by Crippen LogP contribution is 2.68. The largest absolute Gasteiger partial charge is 0.249 e. The van der Waals surface area contributed by atoms with Gasteiger partial charge in [-0.25, -0.2) is 4.98 Å². The Morgan fingerprint density at radius 2 is 2.07 bits per heavy atom. The van der Waals surface area contributed by atoms with Crippen molar-refractivity contribution in [1.82, 2.24) is 4.98 Å². The number of nitrogens with zero attached hydrogens (tertiary/aromatic N) is 2. The minimum Gasteiger partial charge on any atom is -0.249 e. The molecule has 76 valence electrons. The third-order valence-corrected chi connectivity index (χ3v) is 4.27. The van der Waals surface area contributed by atoms with Crippen LogP contribution < -0.4 is 0 Å². The second kappa shape index (κ2) is 2.82. The first-order valence-corrected chi connectivity index (χ1v) is 6.01. The molecular weight excluding hydrogens is 252 g/mol. The third-order valence-electron chi connectivity index (χ3n) is 3.80. The fourth-order valence-corrected chi connectivity index (χ4v) is 3.00. The summed E-state index contributed by atoms with van der Waals surface area (Å²) in [6.07, 6.45) is 6.56. The van der Waals surface area contributed by atoms with Gasteiger partial charge in [0.1, 0.15) is 4.60 Å². The van der Waals surface area contributed by atoms with Crippen molar-refractivity contribution in [2.24, 2.45) is 5.41 Å². The zero-order chi connectivity index (χ0) is 10.5. The summed E-state index contributed by atoms with van der Waals surface area (Å²) in [5.74, 6) is 0. The van der Waals surface area contributed by atoms with Crippen molar-refractivity contribution >= 4 is 15.9 Å². The maximum Gasteiger partial charge on any atom is 0.106 e. The summed E-state index contributed by atoms with van der Waals surface area (Å²) in [6, 6.07) is 6.44. The lowest BCUT2D eigenvalue weighted by atomic mass is 9.57. The van der Waals surface area contributed by atoms with Gasteiger partial charge in [0.2, 0.25) is 0 Å². The molecule has 2 fully saturated rings. The van der Waals surface area contributed by atoms with Crippen molar-refractivity contribution in [3.05, 3.63) is 28.5 Å². The van der Waals surface area contributed by atoms with Crippen LogP contribution in [-0.4, -0.2) is 4.98 Å². The van der Waals surface area contributed by atoms with Gasteiger partial charge in [-0.05, 0) is 58.7 Å². The molecule has 3 rings (SSSR count). The van der Waals surface area contributed by atoms with Crippen LogP contribution in [0.15, 0.2) is 22.9 Å². The van der Waals surface area contributed by atoms with Gasteiger partial charge >= 0.3 is 0 Å². The van der Waals surface area contributed by atoms with Gasteiger partial charge in [-0.2, -0.15) is 5.26 Å². The highest BCUT2D eigenvalue weighted by atomic mass is 79.9. The first-order chi connectivity index (χ1) is 7.18. The van der Waals surface area contributed by atoms with E-state index in [-0.39, 0.29) is 5.41 Å². The standard InChI is InChI=1S/C12H11BrN2/c13-10-2-1-9(5-15-10)12(8-14)6-11(7-12)3-4-11/h1-2,5H,3-4,6-7H2. The van der Waals surface area contributed by atoms with Crippen LogP contribution in [0.25, 0.3) is 0 Å². The van der Waals surface area contributed by atoms with Crippen LogP contribution >= 0.6 is 15.9 Å². The number of rotatable bonds is 1. The second-order valence-corrected chi connectivity index (χ2v) is 5.73. The Morgan fingerprint density at radius 1 is 1.33 bits per heavy atom. The molecule has 0 atom stereocenters. The molecule has 1 aromatic rings. The van der Waals surface area contributed by atoms with Crippen LogP contribution in [0.5, 0.6) is 0 Å². The molecule has 0 aliphatic heterocycles. The fraction of sp³-hybridized carbons (Fsp3) is 0.500. The van der Waals surface area contributed by atoms with Crippen molar-refractivity contribution in [2.75, 3.05) is 0 Å². The Bertz CT molecular complexity index is 432. The van der Waals surface area contributed by atoms with Crippen molar-refractivity contribution in [1.29, 1.82) is 5.26 Å². The van der Waals surface area contributed by atoms with E-state index < -0.39 is 0 Å². The van der Waals surface area contributed by atoms with Crippen molar-refractivity contribution < 1.29 is 0 Å².